The first-order valence-electron chi connectivity index (χ1n) is 5.88. The smallest absolute Gasteiger partial charge is 0.135 e. The van der Waals surface area contributed by atoms with Gasteiger partial charge in [-0.2, -0.15) is 0 Å². The Morgan fingerprint density at radius 2 is 1.16 bits per heavy atom. The Hall–Kier alpha value is -0.970. The highest BCUT2D eigenvalue weighted by molar-refractivity contribution is 8.45. The molecular formula is C15H14OS3. The number of hydrogen-bond donors (Lipinski definition) is 0. The van der Waals surface area contributed by atoms with Crippen molar-refractivity contribution < 1.29 is 4.21 Å². The van der Waals surface area contributed by atoms with E-state index in [4.69, 9.17) is 0 Å². The molecule has 98 valence electrons. The van der Waals surface area contributed by atoms with Gasteiger partial charge in [-0.25, -0.2) is 4.21 Å². The molecule has 0 bridgehead atoms. The van der Waals surface area contributed by atoms with E-state index in [9.17, 15) is 4.21 Å². The third-order valence-electron chi connectivity index (χ3n) is 2.47. The Labute approximate surface area is 125 Å². The van der Waals surface area contributed by atoms with Gasteiger partial charge in [-0.1, -0.05) is 60.7 Å². The molecule has 0 fully saturated rings. The first-order chi connectivity index (χ1) is 9.38. The third-order valence-corrected chi connectivity index (χ3v) is 5.85. The molecule has 0 atom stereocenters. The molecule has 0 aliphatic heterocycles. The van der Waals surface area contributed by atoms with E-state index in [0.29, 0.717) is 11.3 Å². The minimum absolute atomic E-state index is 0.601. The van der Waals surface area contributed by atoms with E-state index in [1.165, 1.54) is 11.1 Å². The van der Waals surface area contributed by atoms with Crippen molar-refractivity contribution in [3.8, 4) is 0 Å². The van der Waals surface area contributed by atoms with E-state index in [-0.39, 0.29) is 0 Å². The third kappa shape index (κ3) is 5.27. The zero-order valence-electron chi connectivity index (χ0n) is 10.3. The summed E-state index contributed by atoms with van der Waals surface area (Å²) in [5.41, 5.74) is 2.50. The molecular weight excluding hydrogens is 292 g/mol. The molecule has 4 heteroatoms. The van der Waals surface area contributed by atoms with Crippen LogP contribution in [-0.2, 0) is 22.8 Å². The highest BCUT2D eigenvalue weighted by Crippen LogP contribution is 2.23. The second-order valence-electron chi connectivity index (χ2n) is 3.88. The Bertz CT molecular complexity index is 503. The van der Waals surface area contributed by atoms with Crippen molar-refractivity contribution in [2.45, 2.75) is 11.5 Å². The molecule has 0 unspecified atom stereocenters. The first-order valence-corrected chi connectivity index (χ1v) is 8.60. The average Bonchev–Trinajstić information content (AvgIpc) is 2.49. The fourth-order valence-corrected chi connectivity index (χ4v) is 3.90. The lowest BCUT2D eigenvalue weighted by atomic mass is 10.2. The van der Waals surface area contributed by atoms with Crippen LogP contribution in [0, 0.1) is 0 Å². The minimum Gasteiger partial charge on any atom is -0.211 e. The van der Waals surface area contributed by atoms with Gasteiger partial charge < -0.3 is 0 Å². The molecule has 0 spiro atoms. The van der Waals surface area contributed by atoms with Gasteiger partial charge in [0.1, 0.15) is 14.8 Å². The number of rotatable bonds is 4. The normalized spacial score (nSPS) is 10.1. The molecule has 19 heavy (non-hydrogen) atoms. The molecule has 1 nitrogen and oxygen atoms in total. The lowest BCUT2D eigenvalue weighted by Crippen LogP contribution is -1.89. The maximum Gasteiger partial charge on any atom is 0.135 e. The summed E-state index contributed by atoms with van der Waals surface area (Å²) >= 11 is 3.85. The predicted octanol–water partition coefficient (Wildman–Crippen LogP) is 4.15. The van der Waals surface area contributed by atoms with Crippen LogP contribution in [0.15, 0.2) is 60.7 Å². The second kappa shape index (κ2) is 8.25. The quantitative estimate of drug-likeness (QED) is 0.790. The predicted molar refractivity (Wildman–Crippen MR) is 88.6 cm³/mol. The van der Waals surface area contributed by atoms with Crippen LogP contribution < -0.4 is 0 Å². The van der Waals surface area contributed by atoms with E-state index in [1.54, 1.807) is 23.5 Å². The van der Waals surface area contributed by atoms with Crippen LogP contribution in [0.5, 0.6) is 0 Å². The van der Waals surface area contributed by atoms with Gasteiger partial charge in [-0.05, 0) is 11.1 Å². The second-order valence-corrected chi connectivity index (χ2v) is 7.20. The maximum atomic E-state index is 11.1. The van der Waals surface area contributed by atoms with E-state index >= 15 is 0 Å². The average molecular weight is 306 g/mol. The largest absolute Gasteiger partial charge is 0.211 e. The van der Waals surface area contributed by atoms with Gasteiger partial charge >= 0.3 is 0 Å². The lowest BCUT2D eigenvalue weighted by molar-refractivity contribution is 0.701. The SMILES string of the molecule is O=S=C(SCc1ccccc1)SCc1ccccc1. The summed E-state index contributed by atoms with van der Waals surface area (Å²) in [7, 11) is 0. The van der Waals surface area contributed by atoms with Crippen LogP contribution in [-0.4, -0.2) is 7.74 Å². The van der Waals surface area contributed by atoms with Crippen molar-refractivity contribution in [2.24, 2.45) is 0 Å². The van der Waals surface area contributed by atoms with Crippen molar-refractivity contribution in [1.82, 2.24) is 0 Å². The van der Waals surface area contributed by atoms with Crippen LogP contribution in [0.4, 0.5) is 0 Å². The summed E-state index contributed by atoms with van der Waals surface area (Å²) in [6.07, 6.45) is 0. The molecule has 0 saturated heterocycles. The van der Waals surface area contributed by atoms with Crippen LogP contribution in [0.25, 0.3) is 0 Å². The van der Waals surface area contributed by atoms with Crippen LogP contribution in [0.3, 0.4) is 0 Å². The Morgan fingerprint density at radius 3 is 1.53 bits per heavy atom. The van der Waals surface area contributed by atoms with Crippen molar-refractivity contribution in [3.63, 3.8) is 0 Å². The van der Waals surface area contributed by atoms with Crippen molar-refractivity contribution in [3.05, 3.63) is 71.8 Å². The van der Waals surface area contributed by atoms with Gasteiger partial charge in [0.05, 0.1) is 0 Å². The summed E-state index contributed by atoms with van der Waals surface area (Å²) in [5, 5.41) is 0. The van der Waals surface area contributed by atoms with Gasteiger partial charge in [-0.15, -0.1) is 23.5 Å². The van der Waals surface area contributed by atoms with Crippen molar-refractivity contribution >= 4 is 38.3 Å². The van der Waals surface area contributed by atoms with E-state index < -0.39 is 0 Å². The molecule has 2 aromatic rings. The molecule has 2 rings (SSSR count). The van der Waals surface area contributed by atoms with E-state index in [1.807, 2.05) is 36.4 Å². The van der Waals surface area contributed by atoms with E-state index in [2.05, 4.69) is 24.3 Å². The van der Waals surface area contributed by atoms with Gasteiger partial charge in [0.2, 0.25) is 0 Å². The molecule has 0 saturated carbocycles. The summed E-state index contributed by atoms with van der Waals surface area (Å²) in [6.45, 7) is 0. The lowest BCUT2D eigenvalue weighted by Gasteiger charge is -2.03. The summed E-state index contributed by atoms with van der Waals surface area (Å²) in [5.74, 6) is 1.71. The Balaban J connectivity index is 1.83. The summed E-state index contributed by atoms with van der Waals surface area (Å²) in [6, 6.07) is 20.5. The fraction of sp³-hybridized carbons (Fsp3) is 0.133. The molecule has 0 heterocycles. The Kier molecular flexibility index (Phi) is 6.27. The highest BCUT2D eigenvalue weighted by Gasteiger charge is 2.03. The number of benzene rings is 2. The zero-order chi connectivity index (χ0) is 13.3. The van der Waals surface area contributed by atoms with Gasteiger partial charge in [0.25, 0.3) is 0 Å². The summed E-state index contributed by atoms with van der Waals surface area (Å²) < 4.78 is 12.0. The monoisotopic (exact) mass is 306 g/mol. The number of thioether (sulfide) groups is 2. The van der Waals surface area contributed by atoms with Gasteiger partial charge in [-0.3, -0.25) is 0 Å². The topological polar surface area (TPSA) is 17.1 Å². The highest BCUT2D eigenvalue weighted by atomic mass is 32.2. The van der Waals surface area contributed by atoms with Gasteiger partial charge in [0.15, 0.2) is 0 Å². The number of hydrogen-bond acceptors (Lipinski definition) is 3. The Morgan fingerprint density at radius 1 is 0.737 bits per heavy atom. The molecule has 0 aliphatic rings. The van der Waals surface area contributed by atoms with Crippen LogP contribution >= 0.6 is 23.5 Å². The molecule has 2 aromatic carbocycles. The first kappa shape index (κ1) is 14.4. The van der Waals surface area contributed by atoms with E-state index in [0.717, 1.165) is 15.0 Å². The zero-order valence-corrected chi connectivity index (χ0v) is 12.8. The molecule has 0 aromatic heterocycles. The minimum atomic E-state index is 0.601. The van der Waals surface area contributed by atoms with Crippen LogP contribution in [0.2, 0.25) is 0 Å². The van der Waals surface area contributed by atoms with Crippen molar-refractivity contribution in [2.75, 3.05) is 0 Å². The standard InChI is InChI=1S/C15H14OS3/c16-19-15(17-11-13-7-3-1-4-8-13)18-12-14-9-5-2-6-10-14/h1-10H,11-12H2. The summed E-state index contributed by atoms with van der Waals surface area (Å²) in [4.78, 5) is 0. The molecule has 0 radical (unpaired) electrons. The molecule has 0 N–H and O–H groups in total. The van der Waals surface area contributed by atoms with Crippen LogP contribution in [0.1, 0.15) is 11.1 Å². The fourth-order valence-electron chi connectivity index (χ4n) is 1.52. The van der Waals surface area contributed by atoms with Gasteiger partial charge in [0, 0.05) is 11.5 Å². The molecule has 0 amide bonds. The van der Waals surface area contributed by atoms with Crippen molar-refractivity contribution in [1.29, 1.82) is 0 Å². The maximum absolute atomic E-state index is 11.1. The molecule has 0 aliphatic carbocycles.